The van der Waals surface area contributed by atoms with E-state index in [-0.39, 0.29) is 21.0 Å². The van der Waals surface area contributed by atoms with Crippen molar-refractivity contribution >= 4 is 46.5 Å². The highest BCUT2D eigenvalue weighted by atomic mass is 35.5. The Morgan fingerprint density at radius 1 is 1.38 bits per heavy atom. The number of nitrogens with zero attached hydrogens (tertiary/aromatic N) is 1. The van der Waals surface area contributed by atoms with Crippen LogP contribution in [0.1, 0.15) is 0 Å². The van der Waals surface area contributed by atoms with Gasteiger partial charge in [0.15, 0.2) is 5.15 Å². The van der Waals surface area contributed by atoms with Gasteiger partial charge >= 0.3 is 6.03 Å². The van der Waals surface area contributed by atoms with E-state index in [4.69, 9.17) is 40.5 Å². The van der Waals surface area contributed by atoms with Crippen LogP contribution in [0.4, 0.5) is 10.5 Å². The summed E-state index contributed by atoms with van der Waals surface area (Å²) in [6.45, 7) is 0. The number of nitrogens with two attached hydrogens (primary N) is 1. The van der Waals surface area contributed by atoms with Crippen molar-refractivity contribution in [3.8, 4) is 0 Å². The van der Waals surface area contributed by atoms with Gasteiger partial charge in [0, 0.05) is 0 Å². The van der Waals surface area contributed by atoms with Gasteiger partial charge in [-0.1, -0.05) is 34.8 Å². The minimum absolute atomic E-state index is 0.0354. The number of amides is 2. The standard InChI is InChI=1S/C6H4Cl3N3O/c7-2-1-3(11-6(10)13)5(9)12-4(2)8/h1H,(H3,10,11,13). The second-order valence-electron chi connectivity index (χ2n) is 2.09. The molecule has 1 rings (SSSR count). The van der Waals surface area contributed by atoms with Crippen LogP contribution in [0.3, 0.4) is 0 Å². The Morgan fingerprint density at radius 2 is 2.00 bits per heavy atom. The largest absolute Gasteiger partial charge is 0.351 e. The highest BCUT2D eigenvalue weighted by Crippen LogP contribution is 2.28. The predicted molar refractivity (Wildman–Crippen MR) is 52.5 cm³/mol. The number of hydrogen-bond acceptors (Lipinski definition) is 2. The molecule has 1 aromatic rings. The molecule has 0 unspecified atom stereocenters. The number of hydrogen-bond donors (Lipinski definition) is 2. The van der Waals surface area contributed by atoms with Gasteiger partial charge in [-0.25, -0.2) is 9.78 Å². The van der Waals surface area contributed by atoms with Crippen LogP contribution in [0.15, 0.2) is 6.07 Å². The maximum Gasteiger partial charge on any atom is 0.316 e. The fourth-order valence-electron chi connectivity index (χ4n) is 0.666. The van der Waals surface area contributed by atoms with Gasteiger partial charge in [0.1, 0.15) is 5.15 Å². The van der Waals surface area contributed by atoms with Gasteiger partial charge in [-0.15, -0.1) is 0 Å². The number of nitrogens with one attached hydrogen (secondary N) is 1. The van der Waals surface area contributed by atoms with Crippen molar-refractivity contribution in [1.29, 1.82) is 0 Å². The number of halogens is 3. The van der Waals surface area contributed by atoms with E-state index in [1.165, 1.54) is 6.07 Å². The van der Waals surface area contributed by atoms with Crippen molar-refractivity contribution in [2.45, 2.75) is 0 Å². The van der Waals surface area contributed by atoms with Gasteiger partial charge in [-0.2, -0.15) is 0 Å². The van der Waals surface area contributed by atoms with Gasteiger partial charge in [0.2, 0.25) is 0 Å². The lowest BCUT2D eigenvalue weighted by atomic mass is 10.4. The Morgan fingerprint density at radius 3 is 2.54 bits per heavy atom. The van der Waals surface area contributed by atoms with E-state index in [0.29, 0.717) is 0 Å². The van der Waals surface area contributed by atoms with Crippen LogP contribution < -0.4 is 11.1 Å². The summed E-state index contributed by atoms with van der Waals surface area (Å²) in [6.07, 6.45) is 0. The molecule has 0 saturated heterocycles. The highest BCUT2D eigenvalue weighted by molar-refractivity contribution is 6.42. The van der Waals surface area contributed by atoms with E-state index in [1.54, 1.807) is 0 Å². The third-order valence-electron chi connectivity index (χ3n) is 1.14. The molecule has 2 amide bonds. The number of urea groups is 1. The quantitative estimate of drug-likeness (QED) is 0.741. The Balaban J connectivity index is 3.08. The topological polar surface area (TPSA) is 68.0 Å². The van der Waals surface area contributed by atoms with E-state index in [2.05, 4.69) is 10.3 Å². The summed E-state index contributed by atoms with van der Waals surface area (Å²) in [5, 5.41) is 2.54. The molecule has 4 nitrogen and oxygen atoms in total. The minimum atomic E-state index is -0.748. The second-order valence-corrected chi connectivity index (χ2v) is 3.21. The second kappa shape index (κ2) is 4.00. The molecule has 0 fully saturated rings. The molecule has 0 aliphatic heterocycles. The van der Waals surface area contributed by atoms with Crippen molar-refractivity contribution in [1.82, 2.24) is 4.98 Å². The molecular weight excluding hydrogens is 236 g/mol. The normalized spacial score (nSPS) is 9.77. The highest BCUT2D eigenvalue weighted by Gasteiger charge is 2.08. The van der Waals surface area contributed by atoms with Crippen LogP contribution in [0, 0.1) is 0 Å². The number of anilines is 1. The first-order chi connectivity index (χ1) is 6.00. The summed E-state index contributed by atoms with van der Waals surface area (Å²) < 4.78 is 0. The Hall–Kier alpha value is -0.710. The zero-order valence-corrected chi connectivity index (χ0v) is 8.41. The monoisotopic (exact) mass is 239 g/mol. The molecule has 1 aromatic heterocycles. The van der Waals surface area contributed by atoms with E-state index in [0.717, 1.165) is 0 Å². The SMILES string of the molecule is NC(=O)Nc1cc(Cl)c(Cl)nc1Cl. The van der Waals surface area contributed by atoms with Crippen molar-refractivity contribution < 1.29 is 4.79 Å². The molecule has 0 aliphatic rings. The van der Waals surface area contributed by atoms with Crippen LogP contribution in [-0.2, 0) is 0 Å². The van der Waals surface area contributed by atoms with Crippen molar-refractivity contribution in [2.75, 3.05) is 5.32 Å². The van der Waals surface area contributed by atoms with Crippen LogP contribution in [0.2, 0.25) is 15.3 Å². The van der Waals surface area contributed by atoms with Crippen LogP contribution in [-0.4, -0.2) is 11.0 Å². The van der Waals surface area contributed by atoms with Crippen LogP contribution >= 0.6 is 34.8 Å². The average Bonchev–Trinajstić information content (AvgIpc) is 1.99. The predicted octanol–water partition coefficient (Wildman–Crippen LogP) is 2.53. The smallest absolute Gasteiger partial charge is 0.316 e. The molecule has 13 heavy (non-hydrogen) atoms. The molecular formula is C6H4Cl3N3O. The Kier molecular flexibility index (Phi) is 3.19. The van der Waals surface area contributed by atoms with Crippen LogP contribution in [0.5, 0.6) is 0 Å². The minimum Gasteiger partial charge on any atom is -0.351 e. The first-order valence-corrected chi connectivity index (χ1v) is 4.22. The zero-order valence-electron chi connectivity index (χ0n) is 6.14. The summed E-state index contributed by atoms with van der Waals surface area (Å²) in [6, 6.07) is 0.617. The Labute approximate surface area is 89.0 Å². The maximum atomic E-state index is 10.5. The van der Waals surface area contributed by atoms with Gasteiger partial charge < -0.3 is 11.1 Å². The summed E-state index contributed by atoms with van der Waals surface area (Å²) in [5.41, 5.74) is 5.09. The van der Waals surface area contributed by atoms with Gasteiger partial charge in [0.05, 0.1) is 10.7 Å². The first kappa shape index (κ1) is 10.4. The zero-order chi connectivity index (χ0) is 10.0. The molecule has 0 radical (unpaired) electrons. The number of aromatic nitrogens is 1. The van der Waals surface area contributed by atoms with E-state index in [1.807, 2.05) is 0 Å². The number of rotatable bonds is 1. The Bertz CT molecular complexity index is 355. The third kappa shape index (κ3) is 2.62. The van der Waals surface area contributed by atoms with Crippen molar-refractivity contribution in [2.24, 2.45) is 5.73 Å². The molecule has 0 atom stereocenters. The third-order valence-corrected chi connectivity index (χ3v) is 2.11. The summed E-state index contributed by atoms with van der Waals surface area (Å²) in [5.74, 6) is 0. The molecule has 0 aromatic carbocycles. The number of carbonyl (C=O) groups is 1. The molecule has 0 saturated carbocycles. The van der Waals surface area contributed by atoms with Crippen molar-refractivity contribution in [3.05, 3.63) is 21.4 Å². The lowest BCUT2D eigenvalue weighted by Gasteiger charge is -2.04. The number of pyridine rings is 1. The molecule has 3 N–H and O–H groups in total. The van der Waals surface area contributed by atoms with E-state index in [9.17, 15) is 4.79 Å². The molecule has 70 valence electrons. The summed E-state index contributed by atoms with van der Waals surface area (Å²) in [4.78, 5) is 14.1. The molecule has 0 spiro atoms. The fraction of sp³-hybridized carbons (Fsp3) is 0. The average molecular weight is 240 g/mol. The van der Waals surface area contributed by atoms with Crippen LogP contribution in [0.25, 0.3) is 0 Å². The maximum absolute atomic E-state index is 10.5. The molecule has 0 bridgehead atoms. The lowest BCUT2D eigenvalue weighted by molar-refractivity contribution is 0.259. The van der Waals surface area contributed by atoms with E-state index >= 15 is 0 Å². The molecule has 1 heterocycles. The van der Waals surface area contributed by atoms with Gasteiger partial charge in [0.25, 0.3) is 0 Å². The summed E-state index contributed by atoms with van der Waals surface area (Å²) in [7, 11) is 0. The number of carbonyl (C=O) groups excluding carboxylic acids is 1. The molecule has 7 heteroatoms. The van der Waals surface area contributed by atoms with Gasteiger partial charge in [-0.05, 0) is 6.07 Å². The van der Waals surface area contributed by atoms with Crippen molar-refractivity contribution in [3.63, 3.8) is 0 Å². The van der Waals surface area contributed by atoms with Gasteiger partial charge in [-0.3, -0.25) is 0 Å². The first-order valence-electron chi connectivity index (χ1n) is 3.08. The fourth-order valence-corrected chi connectivity index (χ4v) is 1.19. The summed E-state index contributed by atoms with van der Waals surface area (Å²) >= 11 is 16.8. The van der Waals surface area contributed by atoms with E-state index < -0.39 is 6.03 Å². The molecule has 0 aliphatic carbocycles. The number of primary amides is 1. The lowest BCUT2D eigenvalue weighted by Crippen LogP contribution is -2.19.